The van der Waals surface area contributed by atoms with Crippen molar-refractivity contribution in [3.63, 3.8) is 0 Å². The van der Waals surface area contributed by atoms with E-state index in [0.717, 1.165) is 19.7 Å². The summed E-state index contributed by atoms with van der Waals surface area (Å²) in [7, 11) is 0. The molecule has 2 aromatic heterocycles. The molecule has 1 aromatic carbocycles. The molecule has 3 aromatic rings. The normalized spacial score (nSPS) is 12.3. The van der Waals surface area contributed by atoms with Crippen molar-refractivity contribution in [2.75, 3.05) is 0 Å². The van der Waals surface area contributed by atoms with Crippen LogP contribution in [0, 0.1) is 9.39 Å². The van der Waals surface area contributed by atoms with Gasteiger partial charge in [0.25, 0.3) is 0 Å². The third kappa shape index (κ3) is 3.74. The molecule has 0 radical (unpaired) electrons. The highest BCUT2D eigenvalue weighted by molar-refractivity contribution is 14.1. The number of carbonyl (C=O) groups is 1. The van der Waals surface area contributed by atoms with Gasteiger partial charge in [-0.1, -0.05) is 25.1 Å². The van der Waals surface area contributed by atoms with Gasteiger partial charge in [0.05, 0.1) is 5.39 Å². The van der Waals surface area contributed by atoms with Crippen LogP contribution >= 0.6 is 33.9 Å². The lowest BCUT2D eigenvalue weighted by atomic mass is 10.1. The van der Waals surface area contributed by atoms with E-state index < -0.39 is 17.9 Å². The fourth-order valence-electron chi connectivity index (χ4n) is 2.41. The first-order valence-corrected chi connectivity index (χ1v) is 9.45. The van der Waals surface area contributed by atoms with Crippen molar-refractivity contribution in [2.45, 2.75) is 25.9 Å². The van der Waals surface area contributed by atoms with Crippen molar-refractivity contribution < 1.29 is 19.0 Å². The molecule has 0 fully saturated rings. The smallest absolute Gasteiger partial charge is 0.345 e. The van der Waals surface area contributed by atoms with Gasteiger partial charge in [-0.25, -0.2) is 19.2 Å². The van der Waals surface area contributed by atoms with Gasteiger partial charge in [-0.15, -0.1) is 11.3 Å². The second-order valence-electron chi connectivity index (χ2n) is 5.29. The molecular formula is C17H14FIN2O3S. The minimum Gasteiger partial charge on any atom is -0.478 e. The summed E-state index contributed by atoms with van der Waals surface area (Å²) in [6, 6.07) is 6.07. The molecule has 0 aliphatic rings. The van der Waals surface area contributed by atoms with Gasteiger partial charge in [0.15, 0.2) is 0 Å². The number of carboxylic acid groups (broad SMARTS) is 1. The van der Waals surface area contributed by atoms with Crippen LogP contribution in [-0.2, 0) is 17.6 Å². The molecule has 0 aliphatic heterocycles. The Balaban J connectivity index is 1.96. The zero-order valence-corrected chi connectivity index (χ0v) is 16.2. The highest BCUT2D eigenvalue weighted by atomic mass is 127. The minimum absolute atomic E-state index is 0.0884. The minimum atomic E-state index is -1.24. The molecule has 8 heteroatoms. The first kappa shape index (κ1) is 18.0. The maximum Gasteiger partial charge on any atom is 0.345 e. The van der Waals surface area contributed by atoms with Crippen molar-refractivity contribution >= 4 is 50.1 Å². The van der Waals surface area contributed by atoms with E-state index in [9.17, 15) is 14.3 Å². The fourth-order valence-corrected chi connectivity index (χ4v) is 4.76. The van der Waals surface area contributed by atoms with E-state index >= 15 is 0 Å². The largest absolute Gasteiger partial charge is 0.478 e. The topological polar surface area (TPSA) is 72.3 Å². The summed E-state index contributed by atoms with van der Waals surface area (Å²) in [4.78, 5) is 21.9. The summed E-state index contributed by atoms with van der Waals surface area (Å²) in [5.74, 6) is -1.41. The summed E-state index contributed by atoms with van der Waals surface area (Å²) < 4.78 is 20.5. The molecule has 1 atom stereocenters. The van der Waals surface area contributed by atoms with E-state index in [0.29, 0.717) is 5.39 Å². The second kappa shape index (κ2) is 7.61. The highest BCUT2D eigenvalue weighted by Gasteiger charge is 2.25. The number of aromatic nitrogens is 2. The van der Waals surface area contributed by atoms with E-state index in [2.05, 4.69) is 32.6 Å². The van der Waals surface area contributed by atoms with Crippen LogP contribution in [0.3, 0.4) is 0 Å². The maximum atomic E-state index is 13.8. The average molecular weight is 472 g/mol. The molecule has 1 N–H and O–H groups in total. The van der Waals surface area contributed by atoms with Gasteiger partial charge in [-0.05, 0) is 40.6 Å². The number of hydrogen-bond acceptors (Lipinski definition) is 5. The summed E-state index contributed by atoms with van der Waals surface area (Å²) in [6.07, 6.45) is 0.868. The summed E-state index contributed by atoms with van der Waals surface area (Å²) in [6.45, 7) is 2.04. The molecule has 0 saturated heterocycles. The third-order valence-corrected chi connectivity index (χ3v) is 6.47. The number of halogens is 2. The lowest BCUT2D eigenvalue weighted by molar-refractivity contribution is -0.145. The highest BCUT2D eigenvalue weighted by Crippen LogP contribution is 2.36. The predicted octanol–water partition coefficient (Wildman–Crippen LogP) is 4.07. The monoisotopic (exact) mass is 472 g/mol. The van der Waals surface area contributed by atoms with Crippen LogP contribution in [0.15, 0.2) is 30.6 Å². The lowest BCUT2D eigenvalue weighted by Gasteiger charge is -2.15. The van der Waals surface area contributed by atoms with Crippen molar-refractivity contribution in [2.24, 2.45) is 0 Å². The summed E-state index contributed by atoms with van der Waals surface area (Å²) in [5, 5.41) is 10.2. The van der Waals surface area contributed by atoms with Crippen LogP contribution in [0.2, 0.25) is 0 Å². The molecule has 3 rings (SSSR count). The number of rotatable bonds is 6. The summed E-state index contributed by atoms with van der Waals surface area (Å²) in [5.41, 5.74) is 0.287. The summed E-state index contributed by atoms with van der Waals surface area (Å²) >= 11 is 3.73. The Hall–Kier alpha value is -1.81. The molecule has 0 saturated carbocycles. The van der Waals surface area contributed by atoms with Gasteiger partial charge >= 0.3 is 5.97 Å². The van der Waals surface area contributed by atoms with Gasteiger partial charge in [0, 0.05) is 14.9 Å². The molecule has 0 unspecified atom stereocenters. The van der Waals surface area contributed by atoms with Crippen LogP contribution in [-0.4, -0.2) is 27.1 Å². The van der Waals surface area contributed by atoms with Crippen molar-refractivity contribution in [1.82, 2.24) is 9.97 Å². The Kier molecular flexibility index (Phi) is 5.48. The van der Waals surface area contributed by atoms with E-state index in [1.165, 1.54) is 23.7 Å². The van der Waals surface area contributed by atoms with Gasteiger partial charge < -0.3 is 9.84 Å². The Labute approximate surface area is 161 Å². The third-order valence-electron chi connectivity index (χ3n) is 3.68. The number of hydrogen-bond donors (Lipinski definition) is 1. The number of aryl methyl sites for hydroxylation is 1. The molecular weight excluding hydrogens is 458 g/mol. The first-order chi connectivity index (χ1) is 12.0. The number of benzene rings is 1. The Bertz CT molecular complexity index is 931. The number of ether oxygens (including phenoxy) is 1. The van der Waals surface area contributed by atoms with Gasteiger partial charge in [-0.2, -0.15) is 0 Å². The number of thiophene rings is 1. The average Bonchev–Trinajstić information content (AvgIpc) is 2.93. The molecule has 5 nitrogen and oxygen atoms in total. The van der Waals surface area contributed by atoms with Crippen molar-refractivity contribution in [1.29, 1.82) is 0 Å². The quantitative estimate of drug-likeness (QED) is 0.548. The van der Waals surface area contributed by atoms with E-state index in [1.807, 2.05) is 6.92 Å². The van der Waals surface area contributed by atoms with Gasteiger partial charge in [0.1, 0.15) is 17.0 Å². The second-order valence-corrected chi connectivity index (χ2v) is 7.45. The number of carboxylic acids is 1. The zero-order chi connectivity index (χ0) is 18.0. The molecule has 0 amide bonds. The molecule has 0 aliphatic carbocycles. The fraction of sp³-hybridized carbons (Fsp3) is 0.235. The van der Waals surface area contributed by atoms with Crippen LogP contribution in [0.25, 0.3) is 10.2 Å². The first-order valence-electron chi connectivity index (χ1n) is 7.56. The standard InChI is InChI=1S/C17H14FIN2O3S/c1-2-12-14(19)13-15(20-8-21-16(13)25-12)24-11(17(22)23)7-9-5-3-4-6-10(9)18/h3-6,8,11H,2,7H2,1H3,(H,22,23)/t11-/m0/s1. The molecule has 130 valence electrons. The molecule has 0 bridgehead atoms. The van der Waals surface area contributed by atoms with Crippen LogP contribution in [0.4, 0.5) is 4.39 Å². The van der Waals surface area contributed by atoms with Crippen molar-refractivity contribution in [3.8, 4) is 5.88 Å². The van der Waals surface area contributed by atoms with Gasteiger partial charge in [-0.3, -0.25) is 0 Å². The van der Waals surface area contributed by atoms with Crippen molar-refractivity contribution in [3.05, 3.63) is 50.4 Å². The number of aliphatic carboxylic acids is 1. The molecule has 25 heavy (non-hydrogen) atoms. The zero-order valence-electron chi connectivity index (χ0n) is 13.2. The molecule has 0 spiro atoms. The SMILES string of the molecule is CCc1sc2ncnc(O[C@@H](Cc3ccccc3F)C(=O)O)c2c1I. The van der Waals surface area contributed by atoms with Crippen LogP contribution in [0.5, 0.6) is 5.88 Å². The van der Waals surface area contributed by atoms with Gasteiger partial charge in [0.2, 0.25) is 12.0 Å². The lowest BCUT2D eigenvalue weighted by Crippen LogP contribution is -2.30. The Morgan fingerprint density at radius 2 is 2.16 bits per heavy atom. The molecule has 2 heterocycles. The van der Waals surface area contributed by atoms with E-state index in [1.54, 1.807) is 18.2 Å². The van der Waals surface area contributed by atoms with Crippen LogP contribution < -0.4 is 4.74 Å². The number of nitrogens with zero attached hydrogens (tertiary/aromatic N) is 2. The predicted molar refractivity (Wildman–Crippen MR) is 102 cm³/mol. The number of fused-ring (bicyclic) bond motifs is 1. The Morgan fingerprint density at radius 3 is 2.84 bits per heavy atom. The van der Waals surface area contributed by atoms with E-state index in [4.69, 9.17) is 4.74 Å². The van der Waals surface area contributed by atoms with Crippen LogP contribution in [0.1, 0.15) is 17.4 Å². The Morgan fingerprint density at radius 1 is 1.40 bits per heavy atom. The maximum absolute atomic E-state index is 13.8. The van der Waals surface area contributed by atoms with E-state index in [-0.39, 0.29) is 17.9 Å².